The summed E-state index contributed by atoms with van der Waals surface area (Å²) in [6.45, 7) is 8.32. The third kappa shape index (κ3) is 8.86. The Morgan fingerprint density at radius 1 is 1.00 bits per heavy atom. The fourth-order valence-corrected chi connectivity index (χ4v) is 6.28. The molecule has 3 aromatic carbocycles. The molecule has 0 saturated carbocycles. The molecule has 1 saturated heterocycles. The number of nitrogens with zero attached hydrogens (tertiary/aromatic N) is 4. The molecule has 0 bridgehead atoms. The molecule has 1 atom stereocenters. The first-order valence-corrected chi connectivity index (χ1v) is 16.5. The first-order chi connectivity index (χ1) is 22.1. The Morgan fingerprint density at radius 2 is 1.78 bits per heavy atom. The van der Waals surface area contributed by atoms with Gasteiger partial charge in [0.1, 0.15) is 5.75 Å². The van der Waals surface area contributed by atoms with Crippen LogP contribution in [-0.2, 0) is 11.3 Å². The average molecular weight is 612 g/mol. The zero-order chi connectivity index (χ0) is 31.4. The maximum Gasteiger partial charge on any atom is 0.253 e. The topological polar surface area (TPSA) is 71.9 Å². The Bertz CT molecular complexity index is 1480. The van der Waals surface area contributed by atoms with Gasteiger partial charge in [-0.15, -0.1) is 0 Å². The number of aromatic nitrogens is 2. The summed E-state index contributed by atoms with van der Waals surface area (Å²) >= 11 is 0. The number of hydrogen-bond donors (Lipinski definition) is 1. The molecular weight excluding hydrogens is 562 g/mol. The molecule has 8 heteroatoms. The standard InChI is InChI=1S/C37H49N5O3/c1-4-25-45-26-11-21-42-35-17-9-8-16-34(35)39-37(42)38-32-19-23-41(24-20-32)22-18-31(30-14-10-15-33(27-30)44-3)28-40(2)36(43)29-12-6-5-7-13-29/h5-10,12-17,27,31-32H,4,11,18-26,28H2,1-3H3,(H,38,39). The van der Waals surface area contributed by atoms with Crippen molar-refractivity contribution in [3.05, 3.63) is 90.0 Å². The van der Waals surface area contributed by atoms with Crippen molar-refractivity contribution in [1.29, 1.82) is 0 Å². The predicted molar refractivity (Wildman–Crippen MR) is 182 cm³/mol. The lowest BCUT2D eigenvalue weighted by atomic mass is 9.93. The number of nitrogens with one attached hydrogen (secondary N) is 1. The van der Waals surface area contributed by atoms with Gasteiger partial charge < -0.3 is 29.2 Å². The van der Waals surface area contributed by atoms with Gasteiger partial charge >= 0.3 is 0 Å². The Kier molecular flexibility index (Phi) is 11.9. The number of amides is 1. The number of hydrogen-bond acceptors (Lipinski definition) is 6. The molecule has 0 radical (unpaired) electrons. The van der Waals surface area contributed by atoms with Gasteiger partial charge in [0.25, 0.3) is 5.91 Å². The minimum atomic E-state index is 0.0508. The van der Waals surface area contributed by atoms with Crippen molar-refractivity contribution in [3.63, 3.8) is 0 Å². The van der Waals surface area contributed by atoms with Crippen molar-refractivity contribution in [1.82, 2.24) is 19.4 Å². The number of para-hydroxylation sites is 2. The molecule has 1 aromatic heterocycles. The van der Waals surface area contributed by atoms with E-state index in [1.54, 1.807) is 7.11 Å². The fraction of sp³-hybridized carbons (Fsp3) is 0.459. The summed E-state index contributed by atoms with van der Waals surface area (Å²) in [5, 5.41) is 3.80. The minimum Gasteiger partial charge on any atom is -0.497 e. The molecule has 1 N–H and O–H groups in total. The van der Waals surface area contributed by atoms with E-state index in [1.807, 2.05) is 54.4 Å². The third-order valence-electron chi connectivity index (χ3n) is 8.81. The maximum atomic E-state index is 13.2. The average Bonchev–Trinajstić information content (AvgIpc) is 3.43. The minimum absolute atomic E-state index is 0.0508. The number of rotatable bonds is 16. The zero-order valence-corrected chi connectivity index (χ0v) is 27.2. The summed E-state index contributed by atoms with van der Waals surface area (Å²) in [5.41, 5.74) is 4.13. The van der Waals surface area contributed by atoms with Gasteiger partial charge in [-0.25, -0.2) is 4.98 Å². The van der Waals surface area contributed by atoms with Crippen molar-refractivity contribution < 1.29 is 14.3 Å². The molecule has 5 rings (SSSR count). The quantitative estimate of drug-likeness (QED) is 0.143. The number of fused-ring (bicyclic) bond motifs is 1. The molecule has 1 aliphatic rings. The number of imidazole rings is 1. The molecule has 1 unspecified atom stereocenters. The van der Waals surface area contributed by atoms with E-state index in [4.69, 9.17) is 14.5 Å². The second kappa shape index (κ2) is 16.4. The van der Waals surface area contributed by atoms with Crippen LogP contribution in [0.4, 0.5) is 5.95 Å². The van der Waals surface area contributed by atoms with E-state index >= 15 is 0 Å². The fourth-order valence-electron chi connectivity index (χ4n) is 6.28. The van der Waals surface area contributed by atoms with Crippen LogP contribution >= 0.6 is 0 Å². The zero-order valence-electron chi connectivity index (χ0n) is 27.2. The number of carbonyl (C=O) groups is 1. The molecule has 1 amide bonds. The summed E-state index contributed by atoms with van der Waals surface area (Å²) in [5.74, 6) is 2.07. The largest absolute Gasteiger partial charge is 0.497 e. The van der Waals surface area contributed by atoms with Crippen LogP contribution in [-0.4, -0.2) is 84.9 Å². The first kappa shape index (κ1) is 32.5. The number of aryl methyl sites for hydroxylation is 1. The number of anilines is 1. The van der Waals surface area contributed by atoms with Crippen LogP contribution in [0.15, 0.2) is 78.9 Å². The van der Waals surface area contributed by atoms with Crippen molar-refractivity contribution >= 4 is 22.9 Å². The van der Waals surface area contributed by atoms with E-state index in [-0.39, 0.29) is 11.8 Å². The number of likely N-dealkylation sites (N-methyl/N-ethyl adjacent to an activating group) is 1. The lowest BCUT2D eigenvalue weighted by Gasteiger charge is -2.34. The number of likely N-dealkylation sites (tertiary alicyclic amines) is 1. The smallest absolute Gasteiger partial charge is 0.253 e. The van der Waals surface area contributed by atoms with Gasteiger partial charge in [-0.3, -0.25) is 4.79 Å². The van der Waals surface area contributed by atoms with E-state index in [2.05, 4.69) is 58.1 Å². The molecule has 240 valence electrons. The van der Waals surface area contributed by atoms with Gasteiger partial charge in [0.05, 0.1) is 18.1 Å². The van der Waals surface area contributed by atoms with Crippen LogP contribution in [0.5, 0.6) is 5.75 Å². The van der Waals surface area contributed by atoms with Gasteiger partial charge in [0, 0.05) is 64.0 Å². The molecular formula is C37H49N5O3. The first-order valence-electron chi connectivity index (χ1n) is 16.5. The summed E-state index contributed by atoms with van der Waals surface area (Å²) < 4.78 is 13.6. The van der Waals surface area contributed by atoms with Crippen LogP contribution in [0, 0.1) is 0 Å². The number of benzene rings is 3. The molecule has 2 heterocycles. The molecule has 0 spiro atoms. The summed E-state index contributed by atoms with van der Waals surface area (Å²) in [7, 11) is 3.61. The number of piperidine rings is 1. The molecule has 1 aliphatic heterocycles. The highest BCUT2D eigenvalue weighted by atomic mass is 16.5. The second-order valence-corrected chi connectivity index (χ2v) is 12.1. The van der Waals surface area contributed by atoms with Gasteiger partial charge in [0.2, 0.25) is 5.95 Å². The predicted octanol–water partition coefficient (Wildman–Crippen LogP) is 6.68. The lowest BCUT2D eigenvalue weighted by Crippen LogP contribution is -2.40. The van der Waals surface area contributed by atoms with E-state index in [0.717, 1.165) is 94.3 Å². The van der Waals surface area contributed by atoms with Crippen molar-refractivity contribution in [2.45, 2.75) is 57.5 Å². The van der Waals surface area contributed by atoms with Crippen molar-refractivity contribution in [3.8, 4) is 5.75 Å². The Balaban J connectivity index is 1.18. The van der Waals surface area contributed by atoms with Gasteiger partial charge in [0.15, 0.2) is 0 Å². The lowest BCUT2D eigenvalue weighted by molar-refractivity contribution is 0.0782. The highest BCUT2D eigenvalue weighted by molar-refractivity contribution is 5.94. The third-order valence-corrected chi connectivity index (χ3v) is 8.81. The van der Waals surface area contributed by atoms with E-state index in [9.17, 15) is 4.79 Å². The number of carbonyl (C=O) groups excluding carboxylic acids is 1. The van der Waals surface area contributed by atoms with E-state index in [1.165, 1.54) is 11.1 Å². The molecule has 45 heavy (non-hydrogen) atoms. The van der Waals surface area contributed by atoms with Gasteiger partial charge in [-0.2, -0.15) is 0 Å². The van der Waals surface area contributed by atoms with E-state index in [0.29, 0.717) is 12.6 Å². The normalized spacial score (nSPS) is 14.8. The number of methoxy groups -OCH3 is 1. The molecule has 0 aliphatic carbocycles. The Hall–Kier alpha value is -3.88. The van der Waals surface area contributed by atoms with E-state index < -0.39 is 0 Å². The SMILES string of the molecule is CCCOCCCn1c(NC2CCN(CCC(CN(C)C(=O)c3ccccc3)c3cccc(OC)c3)CC2)nc2ccccc21. The number of ether oxygens (including phenoxy) is 2. The van der Waals surface area contributed by atoms with Crippen LogP contribution < -0.4 is 10.1 Å². The van der Waals surface area contributed by atoms with Crippen LogP contribution in [0.2, 0.25) is 0 Å². The monoisotopic (exact) mass is 611 g/mol. The van der Waals surface area contributed by atoms with Crippen LogP contribution in [0.1, 0.15) is 60.9 Å². The van der Waals surface area contributed by atoms with Crippen molar-refractivity contribution in [2.24, 2.45) is 0 Å². The van der Waals surface area contributed by atoms with Crippen molar-refractivity contribution in [2.75, 3.05) is 58.9 Å². The van der Waals surface area contributed by atoms with Gasteiger partial charge in [-0.05, 0) is 80.6 Å². The second-order valence-electron chi connectivity index (χ2n) is 12.1. The van der Waals surface area contributed by atoms with Crippen LogP contribution in [0.3, 0.4) is 0 Å². The summed E-state index contributed by atoms with van der Waals surface area (Å²) in [4.78, 5) is 22.6. The van der Waals surface area contributed by atoms with Gasteiger partial charge in [-0.1, -0.05) is 49.4 Å². The Morgan fingerprint density at radius 3 is 2.56 bits per heavy atom. The highest BCUT2D eigenvalue weighted by Crippen LogP contribution is 2.27. The van der Waals surface area contributed by atoms with Crippen LogP contribution in [0.25, 0.3) is 11.0 Å². The maximum absolute atomic E-state index is 13.2. The summed E-state index contributed by atoms with van der Waals surface area (Å²) in [6.07, 6.45) is 5.12. The summed E-state index contributed by atoms with van der Waals surface area (Å²) in [6, 6.07) is 26.6. The molecule has 4 aromatic rings. The molecule has 8 nitrogen and oxygen atoms in total. The Labute approximate surface area is 268 Å². The molecule has 1 fully saturated rings. The highest BCUT2D eigenvalue weighted by Gasteiger charge is 2.24.